The molecule has 2 fully saturated rings. The van der Waals surface area contributed by atoms with Crippen molar-refractivity contribution in [1.82, 2.24) is 9.80 Å². The van der Waals surface area contributed by atoms with Crippen LogP contribution < -0.4 is 0 Å². The summed E-state index contributed by atoms with van der Waals surface area (Å²) < 4.78 is 0. The van der Waals surface area contributed by atoms with Gasteiger partial charge in [0.2, 0.25) is 5.91 Å². The number of carbonyl (C=O) groups is 1. The van der Waals surface area contributed by atoms with Gasteiger partial charge >= 0.3 is 0 Å². The van der Waals surface area contributed by atoms with Gasteiger partial charge in [0.1, 0.15) is 0 Å². The number of carbonyl (C=O) groups excluding carboxylic acids is 1. The minimum absolute atomic E-state index is 0.157. The lowest BCUT2D eigenvalue weighted by atomic mass is 9.78. The average Bonchev–Trinajstić information content (AvgIpc) is 2.92. The Balaban J connectivity index is 1.71. The lowest BCUT2D eigenvalue weighted by molar-refractivity contribution is -0.144. The number of nitrogens with zero attached hydrogens (tertiary/aromatic N) is 2. The summed E-state index contributed by atoms with van der Waals surface area (Å²) in [5.74, 6) is 0.916. The second kappa shape index (κ2) is 5.88. The Kier molecular flexibility index (Phi) is 4.16. The molecule has 1 aliphatic heterocycles. The van der Waals surface area contributed by atoms with Crippen LogP contribution in [0.3, 0.4) is 0 Å². The third-order valence-electron chi connectivity index (χ3n) is 5.48. The van der Waals surface area contributed by atoms with Crippen molar-refractivity contribution >= 4 is 5.91 Å². The second-order valence-electron chi connectivity index (χ2n) is 7.04. The normalized spacial score (nSPS) is 30.1. The van der Waals surface area contributed by atoms with Crippen molar-refractivity contribution in [3.63, 3.8) is 0 Å². The maximum Gasteiger partial charge on any atom is 0.223 e. The van der Waals surface area contributed by atoms with Crippen LogP contribution in [0.1, 0.15) is 51.4 Å². The van der Waals surface area contributed by atoms with Crippen LogP contribution in [0.5, 0.6) is 0 Å². The first-order valence-corrected chi connectivity index (χ1v) is 8.35. The van der Waals surface area contributed by atoms with E-state index < -0.39 is 0 Å². The van der Waals surface area contributed by atoms with E-state index in [2.05, 4.69) is 29.0 Å². The zero-order valence-electron chi connectivity index (χ0n) is 12.8. The highest BCUT2D eigenvalue weighted by molar-refractivity contribution is 5.78. The standard InChI is InChI=1S/C17H28N2O/c1-18-11-12-19(16(20)13-15-7-3-4-8-15)17(14-18)9-5-2-6-10-17/h3,7,15H,2,4-6,8-14H2,1H3. The third-order valence-corrected chi connectivity index (χ3v) is 5.48. The van der Waals surface area contributed by atoms with Crippen LogP contribution in [-0.2, 0) is 4.79 Å². The Morgan fingerprint density at radius 3 is 2.75 bits per heavy atom. The number of amides is 1. The molecule has 20 heavy (non-hydrogen) atoms. The molecule has 3 rings (SSSR count). The van der Waals surface area contributed by atoms with Crippen molar-refractivity contribution in [3.05, 3.63) is 12.2 Å². The van der Waals surface area contributed by atoms with Gasteiger partial charge in [-0.05, 0) is 38.6 Å². The maximum absolute atomic E-state index is 12.8. The van der Waals surface area contributed by atoms with E-state index in [1.165, 1.54) is 38.5 Å². The fourth-order valence-corrected chi connectivity index (χ4v) is 4.40. The summed E-state index contributed by atoms with van der Waals surface area (Å²) in [4.78, 5) is 17.5. The van der Waals surface area contributed by atoms with Crippen molar-refractivity contribution in [2.45, 2.75) is 56.9 Å². The van der Waals surface area contributed by atoms with Gasteiger partial charge in [0.25, 0.3) is 0 Å². The highest BCUT2D eigenvalue weighted by Gasteiger charge is 2.43. The molecule has 1 amide bonds. The van der Waals surface area contributed by atoms with Gasteiger partial charge < -0.3 is 9.80 Å². The Labute approximate surface area is 123 Å². The zero-order valence-corrected chi connectivity index (χ0v) is 12.8. The predicted molar refractivity (Wildman–Crippen MR) is 81.5 cm³/mol. The molecule has 0 aromatic rings. The summed E-state index contributed by atoms with van der Waals surface area (Å²) >= 11 is 0. The van der Waals surface area contributed by atoms with E-state index in [0.29, 0.717) is 11.8 Å². The molecule has 0 radical (unpaired) electrons. The van der Waals surface area contributed by atoms with Gasteiger partial charge in [-0.2, -0.15) is 0 Å². The molecule has 1 spiro atoms. The predicted octanol–water partition coefficient (Wildman–Crippen LogP) is 2.82. The van der Waals surface area contributed by atoms with Crippen LogP contribution in [-0.4, -0.2) is 47.9 Å². The Morgan fingerprint density at radius 2 is 2.05 bits per heavy atom. The lowest BCUT2D eigenvalue weighted by Gasteiger charge is -2.52. The van der Waals surface area contributed by atoms with Crippen molar-refractivity contribution in [2.24, 2.45) is 5.92 Å². The summed E-state index contributed by atoms with van der Waals surface area (Å²) in [5, 5.41) is 0. The molecule has 1 atom stereocenters. The molecular weight excluding hydrogens is 248 g/mol. The molecule has 0 N–H and O–H groups in total. The highest BCUT2D eigenvalue weighted by atomic mass is 16.2. The zero-order chi connectivity index (χ0) is 14.0. The van der Waals surface area contributed by atoms with Gasteiger partial charge in [0.15, 0.2) is 0 Å². The Bertz CT molecular complexity index is 384. The van der Waals surface area contributed by atoms with Gasteiger partial charge in [-0.1, -0.05) is 31.4 Å². The summed E-state index contributed by atoms with van der Waals surface area (Å²) in [6.07, 6.45) is 13.9. The summed E-state index contributed by atoms with van der Waals surface area (Å²) in [6, 6.07) is 0. The van der Waals surface area contributed by atoms with E-state index in [-0.39, 0.29) is 5.54 Å². The van der Waals surface area contributed by atoms with Gasteiger partial charge in [-0.15, -0.1) is 0 Å². The number of hydrogen-bond donors (Lipinski definition) is 0. The number of piperazine rings is 1. The van der Waals surface area contributed by atoms with Gasteiger partial charge in [-0.25, -0.2) is 0 Å². The van der Waals surface area contributed by atoms with Crippen molar-refractivity contribution in [3.8, 4) is 0 Å². The lowest BCUT2D eigenvalue weighted by Crippen LogP contribution is -2.63. The van der Waals surface area contributed by atoms with Crippen LogP contribution in [0.15, 0.2) is 12.2 Å². The van der Waals surface area contributed by atoms with Crippen LogP contribution in [0.4, 0.5) is 0 Å². The number of rotatable bonds is 2. The molecule has 0 bridgehead atoms. The molecule has 3 nitrogen and oxygen atoms in total. The minimum Gasteiger partial charge on any atom is -0.334 e. The first-order chi connectivity index (χ1) is 9.70. The molecule has 0 aromatic heterocycles. The van der Waals surface area contributed by atoms with E-state index in [1.807, 2.05) is 0 Å². The molecule has 3 aliphatic rings. The van der Waals surface area contributed by atoms with E-state index in [1.54, 1.807) is 0 Å². The fraction of sp³-hybridized carbons (Fsp3) is 0.824. The highest BCUT2D eigenvalue weighted by Crippen LogP contribution is 2.37. The van der Waals surface area contributed by atoms with Crippen molar-refractivity contribution < 1.29 is 4.79 Å². The van der Waals surface area contributed by atoms with E-state index >= 15 is 0 Å². The monoisotopic (exact) mass is 276 g/mol. The Morgan fingerprint density at radius 1 is 1.25 bits per heavy atom. The summed E-state index contributed by atoms with van der Waals surface area (Å²) in [6.45, 7) is 3.05. The van der Waals surface area contributed by atoms with Crippen molar-refractivity contribution in [1.29, 1.82) is 0 Å². The van der Waals surface area contributed by atoms with Gasteiger partial charge in [-0.3, -0.25) is 4.79 Å². The minimum atomic E-state index is 0.157. The molecular formula is C17H28N2O. The molecule has 1 saturated heterocycles. The van der Waals surface area contributed by atoms with Gasteiger partial charge in [0.05, 0.1) is 5.54 Å². The molecule has 1 saturated carbocycles. The molecule has 3 heteroatoms. The Hall–Kier alpha value is -0.830. The third kappa shape index (κ3) is 2.78. The van der Waals surface area contributed by atoms with Crippen LogP contribution in [0, 0.1) is 5.92 Å². The van der Waals surface area contributed by atoms with E-state index in [9.17, 15) is 4.79 Å². The molecule has 1 unspecified atom stereocenters. The number of likely N-dealkylation sites (N-methyl/N-ethyl adjacent to an activating group) is 1. The van der Waals surface area contributed by atoms with Crippen molar-refractivity contribution in [2.75, 3.05) is 26.7 Å². The fourth-order valence-electron chi connectivity index (χ4n) is 4.40. The van der Waals surface area contributed by atoms with Crippen LogP contribution in [0.25, 0.3) is 0 Å². The molecule has 1 heterocycles. The first kappa shape index (κ1) is 14.1. The largest absolute Gasteiger partial charge is 0.334 e. The van der Waals surface area contributed by atoms with Crippen LogP contribution in [0.2, 0.25) is 0 Å². The molecule has 112 valence electrons. The SMILES string of the molecule is CN1CCN(C(=O)CC2C=CCC2)C2(CCCCC2)C1. The summed E-state index contributed by atoms with van der Waals surface area (Å²) in [7, 11) is 2.21. The topological polar surface area (TPSA) is 23.6 Å². The maximum atomic E-state index is 12.8. The van der Waals surface area contributed by atoms with E-state index in [4.69, 9.17) is 0 Å². The smallest absolute Gasteiger partial charge is 0.223 e. The number of allylic oxidation sites excluding steroid dienone is 2. The number of hydrogen-bond acceptors (Lipinski definition) is 2. The average molecular weight is 276 g/mol. The van der Waals surface area contributed by atoms with E-state index in [0.717, 1.165) is 32.5 Å². The molecule has 0 aromatic carbocycles. The quantitative estimate of drug-likeness (QED) is 0.724. The summed E-state index contributed by atoms with van der Waals surface area (Å²) in [5.41, 5.74) is 0.157. The van der Waals surface area contributed by atoms with Crippen LogP contribution >= 0.6 is 0 Å². The molecule has 2 aliphatic carbocycles. The van der Waals surface area contributed by atoms with Gasteiger partial charge in [0, 0.05) is 26.1 Å². The first-order valence-electron chi connectivity index (χ1n) is 8.35. The second-order valence-corrected chi connectivity index (χ2v) is 7.04.